The summed E-state index contributed by atoms with van der Waals surface area (Å²) in [5, 5.41) is 5.41. The fraction of sp³-hybridized carbons (Fsp3) is 0.333. The number of benzene rings is 1. The number of fused-ring (bicyclic) bond motifs is 1. The van der Waals surface area contributed by atoms with Crippen LogP contribution in [0.1, 0.15) is 24.4 Å². The fourth-order valence-electron chi connectivity index (χ4n) is 2.29. The molecule has 1 aromatic carbocycles. The smallest absolute Gasteiger partial charge is 0.0659 e. The largest absolute Gasteiger partial charge is 0.360 e. The molecular weight excluding hydrogens is 208 g/mol. The Morgan fingerprint density at radius 2 is 2.27 bits per heavy atom. The Morgan fingerprint density at radius 3 is 3.07 bits per heavy atom. The third-order valence-electron chi connectivity index (χ3n) is 3.12. The van der Waals surface area contributed by atoms with E-state index in [1.807, 2.05) is 6.20 Å². The van der Waals surface area contributed by atoms with Gasteiger partial charge in [0.1, 0.15) is 0 Å². The molecule has 1 saturated heterocycles. The molecule has 2 heterocycles. The summed E-state index contributed by atoms with van der Waals surface area (Å²) in [6, 6.07) is 7.00. The molecule has 1 aliphatic heterocycles. The number of nitrogens with one attached hydrogen (secondary N) is 2. The van der Waals surface area contributed by atoms with Crippen molar-refractivity contribution in [3.63, 3.8) is 0 Å². The lowest BCUT2D eigenvalue weighted by molar-refractivity contribution is 0.648. The molecule has 0 radical (unpaired) electrons. The van der Waals surface area contributed by atoms with Crippen LogP contribution in [-0.4, -0.2) is 11.5 Å². The molecule has 3 rings (SSSR count). The number of halogens is 1. The molecule has 1 fully saturated rings. The van der Waals surface area contributed by atoms with Gasteiger partial charge in [-0.2, -0.15) is 0 Å². The summed E-state index contributed by atoms with van der Waals surface area (Å²) in [5.74, 6) is 0. The van der Waals surface area contributed by atoms with Crippen LogP contribution >= 0.6 is 11.6 Å². The minimum absolute atomic E-state index is 0.525. The second-order valence-electron chi connectivity index (χ2n) is 4.09. The van der Waals surface area contributed by atoms with Crippen LogP contribution in [-0.2, 0) is 0 Å². The first-order valence-corrected chi connectivity index (χ1v) is 5.72. The third kappa shape index (κ3) is 1.54. The van der Waals surface area contributed by atoms with Crippen LogP contribution in [0.4, 0.5) is 0 Å². The number of H-pyrrole nitrogens is 1. The number of rotatable bonds is 1. The van der Waals surface area contributed by atoms with E-state index in [9.17, 15) is 0 Å². The molecule has 0 amide bonds. The van der Waals surface area contributed by atoms with E-state index in [1.165, 1.54) is 18.4 Å². The highest BCUT2D eigenvalue weighted by Gasteiger charge is 2.16. The van der Waals surface area contributed by atoms with E-state index in [1.54, 1.807) is 0 Å². The van der Waals surface area contributed by atoms with Gasteiger partial charge in [-0.05, 0) is 31.0 Å². The highest BCUT2D eigenvalue weighted by molar-refractivity contribution is 6.35. The predicted molar refractivity (Wildman–Crippen MR) is 63.3 cm³/mol. The topological polar surface area (TPSA) is 27.8 Å². The zero-order valence-electron chi connectivity index (χ0n) is 8.39. The first kappa shape index (κ1) is 9.25. The Bertz CT molecular complexity index is 483. The average Bonchev–Trinajstić information content (AvgIpc) is 2.88. The maximum atomic E-state index is 6.04. The SMILES string of the molecule is Clc1c[nH]c2cc(C3CCCN3)ccc12. The van der Waals surface area contributed by atoms with Gasteiger partial charge in [-0.25, -0.2) is 0 Å². The predicted octanol–water partition coefficient (Wildman–Crippen LogP) is 3.25. The van der Waals surface area contributed by atoms with Gasteiger partial charge in [-0.1, -0.05) is 23.7 Å². The second kappa shape index (κ2) is 3.54. The molecule has 1 atom stereocenters. The third-order valence-corrected chi connectivity index (χ3v) is 3.43. The van der Waals surface area contributed by atoms with E-state index in [2.05, 4.69) is 28.5 Å². The molecule has 1 unspecified atom stereocenters. The molecule has 78 valence electrons. The van der Waals surface area contributed by atoms with Gasteiger partial charge in [0.2, 0.25) is 0 Å². The Kier molecular flexibility index (Phi) is 2.19. The van der Waals surface area contributed by atoms with Crippen LogP contribution in [0.2, 0.25) is 5.02 Å². The van der Waals surface area contributed by atoms with Crippen molar-refractivity contribution in [3.8, 4) is 0 Å². The van der Waals surface area contributed by atoms with Crippen LogP contribution in [0.3, 0.4) is 0 Å². The minimum atomic E-state index is 0.525. The van der Waals surface area contributed by atoms with E-state index >= 15 is 0 Å². The van der Waals surface area contributed by atoms with E-state index in [-0.39, 0.29) is 0 Å². The van der Waals surface area contributed by atoms with Gasteiger partial charge < -0.3 is 10.3 Å². The summed E-state index contributed by atoms with van der Waals surface area (Å²) in [6.45, 7) is 1.13. The van der Waals surface area contributed by atoms with Crippen LogP contribution in [0, 0.1) is 0 Å². The molecule has 0 aliphatic carbocycles. The van der Waals surface area contributed by atoms with Gasteiger partial charge in [0, 0.05) is 23.1 Å². The Labute approximate surface area is 93.6 Å². The van der Waals surface area contributed by atoms with Crippen molar-refractivity contribution in [2.75, 3.05) is 6.54 Å². The Hall–Kier alpha value is -0.990. The highest BCUT2D eigenvalue weighted by atomic mass is 35.5. The summed E-state index contributed by atoms with van der Waals surface area (Å²) >= 11 is 6.04. The van der Waals surface area contributed by atoms with Crippen LogP contribution in [0.15, 0.2) is 24.4 Å². The number of hydrogen-bond donors (Lipinski definition) is 2. The lowest BCUT2D eigenvalue weighted by Gasteiger charge is -2.10. The van der Waals surface area contributed by atoms with Crippen molar-refractivity contribution >= 4 is 22.5 Å². The van der Waals surface area contributed by atoms with Gasteiger partial charge in [0.25, 0.3) is 0 Å². The van der Waals surface area contributed by atoms with E-state index < -0.39 is 0 Å². The normalized spacial score (nSPS) is 21.3. The molecule has 2 nitrogen and oxygen atoms in total. The van der Waals surface area contributed by atoms with Crippen molar-refractivity contribution in [3.05, 3.63) is 35.0 Å². The Morgan fingerprint density at radius 1 is 1.33 bits per heavy atom. The molecule has 0 bridgehead atoms. The van der Waals surface area contributed by atoms with Crippen molar-refractivity contribution < 1.29 is 0 Å². The lowest BCUT2D eigenvalue weighted by Crippen LogP contribution is -2.12. The molecule has 15 heavy (non-hydrogen) atoms. The number of hydrogen-bond acceptors (Lipinski definition) is 1. The molecule has 3 heteroatoms. The van der Waals surface area contributed by atoms with Crippen molar-refractivity contribution in [2.24, 2.45) is 0 Å². The highest BCUT2D eigenvalue weighted by Crippen LogP contribution is 2.28. The lowest BCUT2D eigenvalue weighted by atomic mass is 10.0. The van der Waals surface area contributed by atoms with Gasteiger partial charge >= 0.3 is 0 Å². The summed E-state index contributed by atoms with van der Waals surface area (Å²) in [5.41, 5.74) is 2.49. The van der Waals surface area contributed by atoms with E-state index in [0.29, 0.717) is 6.04 Å². The van der Waals surface area contributed by atoms with Crippen molar-refractivity contribution in [1.29, 1.82) is 0 Å². The zero-order chi connectivity index (χ0) is 10.3. The monoisotopic (exact) mass is 220 g/mol. The maximum absolute atomic E-state index is 6.04. The number of aromatic amines is 1. The van der Waals surface area contributed by atoms with Gasteiger partial charge in [0.15, 0.2) is 0 Å². The summed E-state index contributed by atoms with van der Waals surface area (Å²) in [6.07, 6.45) is 4.35. The van der Waals surface area contributed by atoms with E-state index in [0.717, 1.165) is 22.5 Å². The van der Waals surface area contributed by atoms with Crippen molar-refractivity contribution in [2.45, 2.75) is 18.9 Å². The maximum Gasteiger partial charge on any atom is 0.0659 e. The van der Waals surface area contributed by atoms with Crippen LogP contribution < -0.4 is 5.32 Å². The minimum Gasteiger partial charge on any atom is -0.360 e. The molecule has 2 aromatic rings. The molecule has 1 aromatic heterocycles. The Balaban J connectivity index is 2.05. The van der Waals surface area contributed by atoms with E-state index in [4.69, 9.17) is 11.6 Å². The van der Waals surface area contributed by atoms with Gasteiger partial charge in [-0.3, -0.25) is 0 Å². The fourth-order valence-corrected chi connectivity index (χ4v) is 2.51. The zero-order valence-corrected chi connectivity index (χ0v) is 9.14. The summed E-state index contributed by atoms with van der Waals surface area (Å²) < 4.78 is 0. The second-order valence-corrected chi connectivity index (χ2v) is 4.50. The quantitative estimate of drug-likeness (QED) is 0.759. The molecule has 1 aliphatic rings. The first-order valence-electron chi connectivity index (χ1n) is 5.34. The molecule has 0 saturated carbocycles. The molecule has 0 spiro atoms. The summed E-state index contributed by atoms with van der Waals surface area (Å²) in [4.78, 5) is 3.19. The van der Waals surface area contributed by atoms with Crippen LogP contribution in [0.25, 0.3) is 10.9 Å². The molecular formula is C12H13ClN2. The van der Waals surface area contributed by atoms with Crippen molar-refractivity contribution in [1.82, 2.24) is 10.3 Å². The molecule has 2 N–H and O–H groups in total. The van der Waals surface area contributed by atoms with Gasteiger partial charge in [-0.15, -0.1) is 0 Å². The number of aromatic nitrogens is 1. The van der Waals surface area contributed by atoms with Gasteiger partial charge in [0.05, 0.1) is 5.02 Å². The van der Waals surface area contributed by atoms with Crippen LogP contribution in [0.5, 0.6) is 0 Å². The summed E-state index contributed by atoms with van der Waals surface area (Å²) in [7, 11) is 0. The standard InChI is InChI=1S/C12H13ClN2/c13-10-7-15-12-6-8(3-4-9(10)12)11-2-1-5-14-11/h3-4,6-7,11,14-15H,1-2,5H2. The average molecular weight is 221 g/mol. The first-order chi connectivity index (χ1) is 7.34.